The lowest BCUT2D eigenvalue weighted by Gasteiger charge is -2.30. The molecule has 4 aromatic rings. The summed E-state index contributed by atoms with van der Waals surface area (Å²) in [5.41, 5.74) is 1.99. The molecular weight excluding hydrogens is 466 g/mol. The summed E-state index contributed by atoms with van der Waals surface area (Å²) in [4.78, 5) is 23.6. The largest absolute Gasteiger partial charge is 0.494 e. The third kappa shape index (κ3) is 4.90. The molecule has 1 fully saturated rings. The molecule has 178 valence electrons. The zero-order valence-corrected chi connectivity index (χ0v) is 19.9. The van der Waals surface area contributed by atoms with Crippen LogP contribution < -0.4 is 15.0 Å². The number of anilines is 2. The van der Waals surface area contributed by atoms with Crippen LogP contribution in [-0.2, 0) is 4.79 Å². The Balaban J connectivity index is 1.19. The molecule has 0 radical (unpaired) electrons. The van der Waals surface area contributed by atoms with Crippen molar-refractivity contribution in [1.82, 2.24) is 9.97 Å². The Morgan fingerprint density at radius 3 is 2.74 bits per heavy atom. The Morgan fingerprint density at radius 1 is 1.26 bits per heavy atom. The van der Waals surface area contributed by atoms with Crippen LogP contribution in [-0.4, -0.2) is 35.6 Å². The number of hydrogen-bond acceptors (Lipinski definition) is 9. The molecule has 4 heterocycles. The number of benzene rings is 1. The Kier molecular flexibility index (Phi) is 6.50. The molecule has 0 bridgehead atoms. The van der Waals surface area contributed by atoms with Gasteiger partial charge >= 0.3 is 0 Å². The molecule has 1 aliphatic rings. The molecule has 0 saturated carbocycles. The number of carbonyl (C=O) groups is 1. The van der Waals surface area contributed by atoms with Crippen LogP contribution in [0.4, 0.5) is 11.0 Å². The summed E-state index contributed by atoms with van der Waals surface area (Å²) in [5.74, 6) is 1.77. The van der Waals surface area contributed by atoms with Gasteiger partial charge in [0, 0.05) is 30.0 Å². The molecule has 3 aromatic heterocycles. The second-order valence-corrected chi connectivity index (χ2v) is 8.87. The highest BCUT2D eigenvalue weighted by Crippen LogP contribution is 2.32. The first kappa shape index (κ1) is 22.7. The fourth-order valence-electron chi connectivity index (χ4n) is 4.01. The van der Waals surface area contributed by atoms with Crippen LogP contribution in [0.15, 0.2) is 56.9 Å². The smallest absolute Gasteiger partial charge is 0.266 e. The molecule has 0 unspecified atom stereocenters. The number of nitrogens with one attached hydrogen (secondary N) is 1. The number of hydrogen-bond donors (Lipinski definition) is 1. The number of carbonyl (C=O) groups excluding carboxylic acids is 1. The standard InChI is InChI=1S/C25H23N5O4S/c1-2-32-18-7-5-16(6-8-18)20-15-35-25(28-20)29-22(31)17-9-11-30(12-10-17)24-19(14-26)27-23(34-24)21-4-3-13-33-21/h3-8,13,15,17H,2,9-12H2,1H3,(H,28,29,31). The van der Waals surface area contributed by atoms with Crippen molar-refractivity contribution in [3.63, 3.8) is 0 Å². The number of furan rings is 1. The lowest BCUT2D eigenvalue weighted by Crippen LogP contribution is -2.38. The summed E-state index contributed by atoms with van der Waals surface area (Å²) in [6.07, 6.45) is 2.79. The Morgan fingerprint density at radius 2 is 2.06 bits per heavy atom. The molecular formula is C25H23N5O4S. The minimum atomic E-state index is -0.151. The third-order valence-corrected chi connectivity index (χ3v) is 6.55. The third-order valence-electron chi connectivity index (χ3n) is 5.80. The van der Waals surface area contributed by atoms with Gasteiger partial charge in [-0.15, -0.1) is 11.3 Å². The van der Waals surface area contributed by atoms with Gasteiger partial charge in [-0.25, -0.2) is 4.98 Å². The zero-order chi connectivity index (χ0) is 24.2. The summed E-state index contributed by atoms with van der Waals surface area (Å²) in [6.45, 7) is 3.72. The lowest BCUT2D eigenvalue weighted by molar-refractivity contribution is -0.120. The first-order chi connectivity index (χ1) is 17.1. The van der Waals surface area contributed by atoms with E-state index in [2.05, 4.69) is 21.4 Å². The summed E-state index contributed by atoms with van der Waals surface area (Å²) < 4.78 is 16.6. The minimum Gasteiger partial charge on any atom is -0.494 e. The van der Waals surface area contributed by atoms with Crippen molar-refractivity contribution in [3.8, 4) is 34.7 Å². The van der Waals surface area contributed by atoms with Crippen molar-refractivity contribution in [3.05, 3.63) is 53.7 Å². The Bertz CT molecular complexity index is 1330. The molecule has 9 nitrogen and oxygen atoms in total. The topological polar surface area (TPSA) is 117 Å². The van der Waals surface area contributed by atoms with Crippen molar-refractivity contribution in [1.29, 1.82) is 5.26 Å². The van der Waals surface area contributed by atoms with Crippen LogP contribution in [0, 0.1) is 17.2 Å². The molecule has 1 saturated heterocycles. The molecule has 35 heavy (non-hydrogen) atoms. The molecule has 0 atom stereocenters. The number of piperidine rings is 1. The van der Waals surface area contributed by atoms with E-state index < -0.39 is 0 Å². The summed E-state index contributed by atoms with van der Waals surface area (Å²) in [7, 11) is 0. The van der Waals surface area contributed by atoms with E-state index in [1.807, 2.05) is 41.5 Å². The van der Waals surface area contributed by atoms with Gasteiger partial charge in [0.05, 0.1) is 18.6 Å². The van der Waals surface area contributed by atoms with Gasteiger partial charge in [-0.3, -0.25) is 4.79 Å². The highest BCUT2D eigenvalue weighted by Gasteiger charge is 2.29. The fraction of sp³-hybridized carbons (Fsp3) is 0.280. The van der Waals surface area contributed by atoms with Crippen molar-refractivity contribution in [2.75, 3.05) is 29.9 Å². The SMILES string of the molecule is CCOc1ccc(-c2csc(NC(=O)C3CCN(c4oc(-c5ccco5)nc4C#N)CC3)n2)cc1. The second kappa shape index (κ2) is 10.0. The monoisotopic (exact) mass is 489 g/mol. The van der Waals surface area contributed by atoms with E-state index in [-0.39, 0.29) is 23.4 Å². The van der Waals surface area contributed by atoms with E-state index >= 15 is 0 Å². The van der Waals surface area contributed by atoms with Gasteiger partial charge in [0.1, 0.15) is 11.8 Å². The van der Waals surface area contributed by atoms with Gasteiger partial charge in [0.2, 0.25) is 17.5 Å². The molecule has 1 aromatic carbocycles. The van der Waals surface area contributed by atoms with Gasteiger partial charge in [0.15, 0.2) is 10.9 Å². The molecule has 5 rings (SSSR count). The minimum absolute atomic E-state index is 0.0494. The number of aromatic nitrogens is 2. The molecule has 10 heteroatoms. The highest BCUT2D eigenvalue weighted by atomic mass is 32.1. The van der Waals surface area contributed by atoms with Crippen LogP contribution in [0.1, 0.15) is 25.5 Å². The first-order valence-electron chi connectivity index (χ1n) is 11.3. The number of nitriles is 1. The Hall–Kier alpha value is -4.10. The average Bonchev–Trinajstić information content (AvgIpc) is 3.65. The fourth-order valence-corrected chi connectivity index (χ4v) is 4.73. The van der Waals surface area contributed by atoms with E-state index in [0.717, 1.165) is 17.0 Å². The number of thiazole rings is 1. The van der Waals surface area contributed by atoms with Crippen LogP contribution in [0.25, 0.3) is 22.9 Å². The summed E-state index contributed by atoms with van der Waals surface area (Å²) in [6, 6.07) is 13.3. The zero-order valence-electron chi connectivity index (χ0n) is 19.1. The van der Waals surface area contributed by atoms with E-state index in [4.69, 9.17) is 13.6 Å². The van der Waals surface area contributed by atoms with Gasteiger partial charge in [-0.2, -0.15) is 10.2 Å². The predicted octanol–water partition coefficient (Wildman–Crippen LogP) is 5.18. The van der Waals surface area contributed by atoms with Gasteiger partial charge in [-0.1, -0.05) is 0 Å². The molecule has 1 N–H and O–H groups in total. The molecule has 0 spiro atoms. The molecule has 1 amide bonds. The van der Waals surface area contributed by atoms with E-state index in [1.54, 1.807) is 12.1 Å². The number of ether oxygens (including phenoxy) is 1. The maximum atomic E-state index is 12.9. The maximum Gasteiger partial charge on any atom is 0.266 e. The van der Waals surface area contributed by atoms with Crippen LogP contribution in [0.3, 0.4) is 0 Å². The lowest BCUT2D eigenvalue weighted by atomic mass is 9.96. The van der Waals surface area contributed by atoms with E-state index in [9.17, 15) is 10.1 Å². The molecule has 0 aliphatic carbocycles. The average molecular weight is 490 g/mol. The van der Waals surface area contributed by atoms with Crippen molar-refractivity contribution in [2.45, 2.75) is 19.8 Å². The first-order valence-corrected chi connectivity index (χ1v) is 12.2. The Labute approximate surface area is 206 Å². The number of rotatable bonds is 7. The highest BCUT2D eigenvalue weighted by molar-refractivity contribution is 7.14. The number of oxazole rings is 1. The number of nitrogens with zero attached hydrogens (tertiary/aromatic N) is 4. The van der Waals surface area contributed by atoms with Gasteiger partial charge in [0.25, 0.3) is 5.89 Å². The number of amides is 1. The normalized spacial score (nSPS) is 14.0. The quantitative estimate of drug-likeness (QED) is 0.377. The predicted molar refractivity (Wildman–Crippen MR) is 131 cm³/mol. The van der Waals surface area contributed by atoms with Crippen LogP contribution in [0.5, 0.6) is 5.75 Å². The molecule has 1 aliphatic heterocycles. The van der Waals surface area contributed by atoms with Crippen LogP contribution >= 0.6 is 11.3 Å². The summed E-state index contributed by atoms with van der Waals surface area (Å²) in [5, 5.41) is 14.9. The van der Waals surface area contributed by atoms with Crippen molar-refractivity contribution < 1.29 is 18.4 Å². The van der Waals surface area contributed by atoms with Gasteiger partial charge in [-0.05, 0) is 56.2 Å². The summed E-state index contributed by atoms with van der Waals surface area (Å²) >= 11 is 1.40. The van der Waals surface area contributed by atoms with E-state index in [1.165, 1.54) is 17.6 Å². The van der Waals surface area contributed by atoms with Crippen LogP contribution in [0.2, 0.25) is 0 Å². The van der Waals surface area contributed by atoms with E-state index in [0.29, 0.717) is 49.3 Å². The van der Waals surface area contributed by atoms with Gasteiger partial charge < -0.3 is 23.8 Å². The maximum absolute atomic E-state index is 12.9. The second-order valence-electron chi connectivity index (χ2n) is 8.01. The van der Waals surface area contributed by atoms with Crippen molar-refractivity contribution >= 4 is 28.3 Å². The van der Waals surface area contributed by atoms with Crippen molar-refractivity contribution in [2.24, 2.45) is 5.92 Å².